The number of esters is 1. The molecule has 30 heavy (non-hydrogen) atoms. The number of amides is 1. The molecule has 0 heterocycles. The topological polar surface area (TPSA) is 83.5 Å². The summed E-state index contributed by atoms with van der Waals surface area (Å²) in [6.45, 7) is 10.4. The van der Waals surface area contributed by atoms with Gasteiger partial charge in [-0.2, -0.15) is 0 Å². The van der Waals surface area contributed by atoms with E-state index < -0.39 is 29.3 Å². The van der Waals surface area contributed by atoms with Crippen LogP contribution >= 0.6 is 0 Å². The van der Waals surface area contributed by atoms with Gasteiger partial charge in [0.25, 0.3) is 0 Å². The van der Waals surface area contributed by atoms with Crippen LogP contribution in [0.25, 0.3) is 0 Å². The van der Waals surface area contributed by atoms with E-state index >= 15 is 0 Å². The molecule has 0 radical (unpaired) electrons. The van der Waals surface area contributed by atoms with Gasteiger partial charge >= 0.3 is 12.1 Å². The lowest BCUT2D eigenvalue weighted by Crippen LogP contribution is -2.50. The number of hydrogen-bond donors (Lipinski definition) is 0. The molecule has 8 nitrogen and oxygen atoms in total. The number of benzene rings is 1. The smallest absolute Gasteiger partial charge is 0.412 e. The third kappa shape index (κ3) is 8.10. The van der Waals surface area contributed by atoms with Crippen molar-refractivity contribution >= 4 is 12.1 Å². The number of rotatable bonds is 8. The van der Waals surface area contributed by atoms with Crippen LogP contribution in [0.2, 0.25) is 0 Å². The van der Waals surface area contributed by atoms with Gasteiger partial charge in [-0.05, 0) is 59.2 Å². The van der Waals surface area contributed by atoms with E-state index in [-0.39, 0.29) is 13.2 Å². The molecule has 1 aromatic rings. The molecular weight excluding hydrogens is 390 g/mol. The first-order chi connectivity index (χ1) is 13.8. The number of hydrogen-bond acceptors (Lipinski definition) is 7. The molecule has 1 aromatic carbocycles. The fourth-order valence-electron chi connectivity index (χ4n) is 2.65. The molecule has 0 bridgehead atoms. The summed E-state index contributed by atoms with van der Waals surface area (Å²) in [6, 6.07) is 4.35. The Hall–Kier alpha value is -2.48. The molecule has 0 aromatic heterocycles. The van der Waals surface area contributed by atoms with Crippen molar-refractivity contribution in [3.05, 3.63) is 23.8 Å². The van der Waals surface area contributed by atoms with Crippen LogP contribution in [0.5, 0.6) is 11.5 Å². The Labute approximate surface area is 179 Å². The minimum absolute atomic E-state index is 0.133. The first-order valence-electron chi connectivity index (χ1n) is 9.73. The first kappa shape index (κ1) is 25.6. The maximum atomic E-state index is 13.0. The van der Waals surface area contributed by atoms with Crippen LogP contribution in [0.3, 0.4) is 0 Å². The fraction of sp³-hybridized carbons (Fsp3) is 0.636. The molecule has 8 heteroatoms. The maximum Gasteiger partial charge on any atom is 0.412 e. The summed E-state index contributed by atoms with van der Waals surface area (Å²) in [5, 5.41) is 0. The van der Waals surface area contributed by atoms with Crippen molar-refractivity contribution in [1.82, 2.24) is 4.90 Å². The van der Waals surface area contributed by atoms with Crippen LogP contribution in [0.15, 0.2) is 18.2 Å². The van der Waals surface area contributed by atoms with Crippen LogP contribution in [0, 0.1) is 0 Å². The quantitative estimate of drug-likeness (QED) is 0.463. The third-order valence-electron chi connectivity index (χ3n) is 3.83. The van der Waals surface area contributed by atoms with Gasteiger partial charge < -0.3 is 23.7 Å². The molecule has 0 unspecified atom stereocenters. The second-order valence-electron chi connectivity index (χ2n) is 8.81. The Bertz CT molecular complexity index is 719. The molecule has 170 valence electrons. The van der Waals surface area contributed by atoms with Gasteiger partial charge in [-0.25, -0.2) is 9.59 Å². The first-order valence-corrected chi connectivity index (χ1v) is 9.73. The summed E-state index contributed by atoms with van der Waals surface area (Å²) in [4.78, 5) is 27.1. The molecule has 0 aliphatic rings. The van der Waals surface area contributed by atoms with Gasteiger partial charge in [0.2, 0.25) is 0 Å². The number of nitrogens with zero attached hydrogens (tertiary/aromatic N) is 1. The molecule has 0 aliphatic heterocycles. The van der Waals surface area contributed by atoms with Gasteiger partial charge in [0.1, 0.15) is 24.0 Å². The summed E-state index contributed by atoms with van der Waals surface area (Å²) in [7, 11) is 4.52. The van der Waals surface area contributed by atoms with Crippen molar-refractivity contribution in [1.29, 1.82) is 0 Å². The number of carbonyl (C=O) groups is 2. The molecule has 0 aliphatic carbocycles. The second-order valence-corrected chi connectivity index (χ2v) is 8.81. The largest absolute Gasteiger partial charge is 0.493 e. The van der Waals surface area contributed by atoms with Gasteiger partial charge in [0.15, 0.2) is 11.5 Å². The Balaban J connectivity index is 3.32. The van der Waals surface area contributed by atoms with Crippen molar-refractivity contribution < 1.29 is 33.3 Å². The standard InChI is InChI=1S/C22H35NO7/c1-21(2,3)29-19(24)16(23(14-26-7)20(25)30-22(4,5)6)12-15-10-11-17(27-8)18(13-15)28-9/h10-11,13,16H,12,14H2,1-9H3/t16-/m0/s1. The summed E-state index contributed by atoms with van der Waals surface area (Å²) < 4.78 is 26.9. The van der Waals surface area contributed by atoms with Crippen LogP contribution in [-0.2, 0) is 25.4 Å². The summed E-state index contributed by atoms with van der Waals surface area (Å²) in [5.41, 5.74) is -0.696. The van der Waals surface area contributed by atoms with Gasteiger partial charge in [0, 0.05) is 13.5 Å². The minimum atomic E-state index is -0.961. The van der Waals surface area contributed by atoms with E-state index in [1.807, 2.05) is 0 Å². The zero-order chi connectivity index (χ0) is 23.1. The summed E-state index contributed by atoms with van der Waals surface area (Å²) >= 11 is 0. The van der Waals surface area contributed by atoms with E-state index in [4.69, 9.17) is 23.7 Å². The van der Waals surface area contributed by atoms with Crippen molar-refractivity contribution in [2.75, 3.05) is 28.1 Å². The highest BCUT2D eigenvalue weighted by Gasteiger charge is 2.36. The maximum absolute atomic E-state index is 13.0. The Morgan fingerprint density at radius 2 is 1.47 bits per heavy atom. The van der Waals surface area contributed by atoms with Crippen LogP contribution in [0.4, 0.5) is 4.79 Å². The summed E-state index contributed by atoms with van der Waals surface area (Å²) in [6.07, 6.45) is -0.488. The second kappa shape index (κ2) is 10.5. The molecule has 0 spiro atoms. The molecular formula is C22H35NO7. The zero-order valence-electron chi connectivity index (χ0n) is 19.5. The van der Waals surface area contributed by atoms with E-state index in [0.717, 1.165) is 5.56 Å². The third-order valence-corrected chi connectivity index (χ3v) is 3.83. The van der Waals surface area contributed by atoms with Gasteiger partial charge in [-0.15, -0.1) is 0 Å². The van der Waals surface area contributed by atoms with E-state index in [1.165, 1.54) is 19.1 Å². The van der Waals surface area contributed by atoms with Crippen LogP contribution in [0.1, 0.15) is 47.1 Å². The SMILES string of the molecule is COCN(C(=O)OC(C)(C)C)[C@@H](Cc1ccc(OC)c(OC)c1)C(=O)OC(C)(C)C. The number of carbonyl (C=O) groups excluding carboxylic acids is 2. The molecule has 1 amide bonds. The molecule has 0 saturated carbocycles. The van der Waals surface area contributed by atoms with Crippen molar-refractivity contribution in [2.24, 2.45) is 0 Å². The highest BCUT2D eigenvalue weighted by Crippen LogP contribution is 2.29. The predicted molar refractivity (Wildman–Crippen MR) is 113 cm³/mol. The monoisotopic (exact) mass is 425 g/mol. The Morgan fingerprint density at radius 3 is 1.93 bits per heavy atom. The molecule has 0 saturated heterocycles. The van der Waals surface area contributed by atoms with Gasteiger partial charge in [0.05, 0.1) is 14.2 Å². The van der Waals surface area contributed by atoms with E-state index in [1.54, 1.807) is 66.9 Å². The van der Waals surface area contributed by atoms with Gasteiger partial charge in [-0.1, -0.05) is 6.07 Å². The van der Waals surface area contributed by atoms with Crippen molar-refractivity contribution in [3.63, 3.8) is 0 Å². The van der Waals surface area contributed by atoms with E-state index in [2.05, 4.69) is 0 Å². The molecule has 0 N–H and O–H groups in total. The fourth-order valence-corrected chi connectivity index (χ4v) is 2.65. The van der Waals surface area contributed by atoms with Crippen LogP contribution < -0.4 is 9.47 Å². The predicted octanol–water partition coefficient (Wildman–Crippen LogP) is 3.80. The van der Waals surface area contributed by atoms with Crippen LogP contribution in [-0.4, -0.2) is 62.3 Å². The Morgan fingerprint density at radius 1 is 0.900 bits per heavy atom. The zero-order valence-corrected chi connectivity index (χ0v) is 19.5. The molecule has 0 fully saturated rings. The number of methoxy groups -OCH3 is 3. The highest BCUT2D eigenvalue weighted by atomic mass is 16.6. The van der Waals surface area contributed by atoms with E-state index in [9.17, 15) is 9.59 Å². The minimum Gasteiger partial charge on any atom is -0.493 e. The van der Waals surface area contributed by atoms with Gasteiger partial charge in [-0.3, -0.25) is 4.90 Å². The average molecular weight is 426 g/mol. The number of ether oxygens (including phenoxy) is 5. The lowest BCUT2D eigenvalue weighted by Gasteiger charge is -2.33. The average Bonchev–Trinajstić information content (AvgIpc) is 2.61. The molecule has 1 atom stereocenters. The summed E-state index contributed by atoms with van der Waals surface area (Å²) in [5.74, 6) is 0.532. The lowest BCUT2D eigenvalue weighted by molar-refractivity contribution is -0.163. The van der Waals surface area contributed by atoms with Crippen molar-refractivity contribution in [3.8, 4) is 11.5 Å². The molecule has 1 rings (SSSR count). The van der Waals surface area contributed by atoms with E-state index in [0.29, 0.717) is 11.5 Å². The normalized spacial score (nSPS) is 12.7. The van der Waals surface area contributed by atoms with Crippen molar-refractivity contribution in [2.45, 2.75) is 65.2 Å². The lowest BCUT2D eigenvalue weighted by atomic mass is 10.0. The Kier molecular flexibility index (Phi) is 8.96. The highest BCUT2D eigenvalue weighted by molar-refractivity contribution is 5.82.